The first-order valence-electron chi connectivity index (χ1n) is 4.66. The smallest absolute Gasteiger partial charge is 0.0239 e. The molecule has 0 bridgehead atoms. The van der Waals surface area contributed by atoms with Crippen molar-refractivity contribution >= 4 is 0 Å². The highest BCUT2D eigenvalue weighted by atomic mass is 14.9. The molecule has 66 valence electrons. The zero-order valence-corrected chi connectivity index (χ0v) is 7.72. The third-order valence-corrected chi connectivity index (χ3v) is 2.72. The molecule has 1 unspecified atom stereocenters. The number of nitrogens with one attached hydrogen (secondary N) is 2. The minimum atomic E-state index is 0.670. The van der Waals surface area contributed by atoms with Crippen molar-refractivity contribution in [3.8, 4) is 0 Å². The van der Waals surface area contributed by atoms with Crippen LogP contribution >= 0.6 is 0 Å². The number of aromatic nitrogens is 1. The van der Waals surface area contributed by atoms with Crippen molar-refractivity contribution in [3.05, 3.63) is 23.5 Å². The number of hydrogen-bond donors (Lipinski definition) is 2. The average molecular weight is 164 g/mol. The van der Waals surface area contributed by atoms with Gasteiger partial charge >= 0.3 is 0 Å². The van der Waals surface area contributed by atoms with Crippen molar-refractivity contribution < 1.29 is 0 Å². The van der Waals surface area contributed by atoms with Crippen molar-refractivity contribution in [3.63, 3.8) is 0 Å². The lowest BCUT2D eigenvalue weighted by atomic mass is 9.88. The second-order valence-electron chi connectivity index (χ2n) is 3.90. The van der Waals surface area contributed by atoms with Crippen LogP contribution in [0.2, 0.25) is 0 Å². The number of fused-ring (bicyclic) bond motifs is 1. The molecule has 12 heavy (non-hydrogen) atoms. The summed E-state index contributed by atoms with van der Waals surface area (Å²) in [5.41, 5.74) is 2.89. The zero-order chi connectivity index (χ0) is 8.55. The number of aromatic amines is 1. The predicted molar refractivity (Wildman–Crippen MR) is 50.1 cm³/mol. The van der Waals surface area contributed by atoms with E-state index in [0.717, 1.165) is 19.0 Å². The van der Waals surface area contributed by atoms with Crippen LogP contribution in [0.4, 0.5) is 0 Å². The van der Waals surface area contributed by atoms with E-state index in [-0.39, 0.29) is 0 Å². The van der Waals surface area contributed by atoms with E-state index in [1.54, 1.807) is 0 Å². The van der Waals surface area contributed by atoms with Gasteiger partial charge in [-0.2, -0.15) is 0 Å². The molecule has 1 atom stereocenters. The lowest BCUT2D eigenvalue weighted by molar-refractivity contribution is 0.429. The third kappa shape index (κ3) is 1.16. The molecule has 2 heterocycles. The molecule has 0 saturated heterocycles. The fraction of sp³-hybridized carbons (Fsp3) is 0.600. The summed E-state index contributed by atoms with van der Waals surface area (Å²) in [5.74, 6) is 1.39. The van der Waals surface area contributed by atoms with Crippen LogP contribution in [0.5, 0.6) is 0 Å². The van der Waals surface area contributed by atoms with Gasteiger partial charge in [0.25, 0.3) is 0 Å². The zero-order valence-electron chi connectivity index (χ0n) is 7.72. The van der Waals surface area contributed by atoms with Crippen molar-refractivity contribution in [2.75, 3.05) is 6.54 Å². The molecule has 0 radical (unpaired) electrons. The highest BCUT2D eigenvalue weighted by Crippen LogP contribution is 2.28. The minimum absolute atomic E-state index is 0.670. The maximum atomic E-state index is 3.44. The summed E-state index contributed by atoms with van der Waals surface area (Å²) in [6.45, 7) is 6.71. The Morgan fingerprint density at radius 1 is 1.50 bits per heavy atom. The summed E-state index contributed by atoms with van der Waals surface area (Å²) in [4.78, 5) is 3.35. The van der Waals surface area contributed by atoms with E-state index in [4.69, 9.17) is 0 Å². The highest BCUT2D eigenvalue weighted by molar-refractivity contribution is 5.27. The summed E-state index contributed by atoms with van der Waals surface area (Å²) in [6, 6.07) is 2.18. The Bertz CT molecular complexity index is 263. The van der Waals surface area contributed by atoms with Crippen LogP contribution in [0.25, 0.3) is 0 Å². The van der Waals surface area contributed by atoms with Crippen LogP contribution < -0.4 is 5.32 Å². The molecule has 0 saturated carbocycles. The minimum Gasteiger partial charge on any atom is -0.364 e. The monoisotopic (exact) mass is 164 g/mol. The van der Waals surface area contributed by atoms with Crippen molar-refractivity contribution in [1.29, 1.82) is 0 Å². The van der Waals surface area contributed by atoms with Crippen LogP contribution in [0.15, 0.2) is 12.3 Å². The number of hydrogen-bond acceptors (Lipinski definition) is 1. The van der Waals surface area contributed by atoms with Gasteiger partial charge in [0.15, 0.2) is 0 Å². The molecule has 2 nitrogen and oxygen atoms in total. The Labute approximate surface area is 73.4 Å². The molecular weight excluding hydrogens is 148 g/mol. The maximum Gasteiger partial charge on any atom is 0.0239 e. The van der Waals surface area contributed by atoms with Gasteiger partial charge < -0.3 is 10.3 Å². The molecule has 0 amide bonds. The van der Waals surface area contributed by atoms with Gasteiger partial charge in [-0.25, -0.2) is 0 Å². The molecule has 1 aliphatic rings. The SMILES string of the molecule is CC(C)C1CNCc2cc[nH]c21. The second kappa shape index (κ2) is 2.94. The van der Waals surface area contributed by atoms with Gasteiger partial charge in [-0.3, -0.25) is 0 Å². The van der Waals surface area contributed by atoms with Crippen LogP contribution in [-0.4, -0.2) is 11.5 Å². The Balaban J connectivity index is 2.31. The first-order valence-corrected chi connectivity index (χ1v) is 4.66. The third-order valence-electron chi connectivity index (χ3n) is 2.72. The molecule has 0 aromatic carbocycles. The van der Waals surface area contributed by atoms with E-state index in [2.05, 4.69) is 30.2 Å². The summed E-state index contributed by atoms with van der Waals surface area (Å²) in [6.07, 6.45) is 2.05. The normalized spacial score (nSPS) is 22.8. The van der Waals surface area contributed by atoms with Gasteiger partial charge in [0, 0.05) is 30.9 Å². The first kappa shape index (κ1) is 7.87. The van der Waals surface area contributed by atoms with E-state index in [9.17, 15) is 0 Å². The fourth-order valence-corrected chi connectivity index (χ4v) is 1.95. The lowest BCUT2D eigenvalue weighted by Gasteiger charge is -2.26. The Morgan fingerprint density at radius 3 is 3.08 bits per heavy atom. The summed E-state index contributed by atoms with van der Waals surface area (Å²) in [7, 11) is 0. The standard InChI is InChI=1S/C10H16N2/c1-7(2)9-6-11-5-8-3-4-12-10(8)9/h3-4,7,9,11-12H,5-6H2,1-2H3. The van der Waals surface area contributed by atoms with Crippen molar-refractivity contribution in [2.45, 2.75) is 26.3 Å². The van der Waals surface area contributed by atoms with Gasteiger partial charge in [-0.1, -0.05) is 13.8 Å². The largest absolute Gasteiger partial charge is 0.364 e. The van der Waals surface area contributed by atoms with Crippen molar-refractivity contribution in [1.82, 2.24) is 10.3 Å². The van der Waals surface area contributed by atoms with Crippen LogP contribution in [-0.2, 0) is 6.54 Å². The molecule has 2 heteroatoms. The molecule has 0 spiro atoms. The first-order chi connectivity index (χ1) is 5.79. The quantitative estimate of drug-likeness (QED) is 0.651. The van der Waals surface area contributed by atoms with Gasteiger partial charge in [0.1, 0.15) is 0 Å². The summed E-state index contributed by atoms with van der Waals surface area (Å²) in [5, 5.41) is 3.44. The Hall–Kier alpha value is -0.760. The number of H-pyrrole nitrogens is 1. The molecule has 0 fully saturated rings. The van der Waals surface area contributed by atoms with E-state index < -0.39 is 0 Å². The average Bonchev–Trinajstić information content (AvgIpc) is 2.49. The van der Waals surface area contributed by atoms with E-state index in [1.165, 1.54) is 11.3 Å². The highest BCUT2D eigenvalue weighted by Gasteiger charge is 2.22. The Morgan fingerprint density at radius 2 is 2.33 bits per heavy atom. The lowest BCUT2D eigenvalue weighted by Crippen LogP contribution is -2.30. The summed E-state index contributed by atoms with van der Waals surface area (Å²) < 4.78 is 0. The molecule has 1 aromatic heterocycles. The summed E-state index contributed by atoms with van der Waals surface area (Å²) >= 11 is 0. The van der Waals surface area contributed by atoms with Gasteiger partial charge in [0.05, 0.1) is 0 Å². The van der Waals surface area contributed by atoms with Gasteiger partial charge in [-0.05, 0) is 17.5 Å². The molecule has 1 aliphatic heterocycles. The molecule has 1 aromatic rings. The molecule has 0 aliphatic carbocycles. The second-order valence-corrected chi connectivity index (χ2v) is 3.90. The maximum absolute atomic E-state index is 3.44. The van der Waals surface area contributed by atoms with E-state index in [1.807, 2.05) is 6.20 Å². The molecule has 2 N–H and O–H groups in total. The van der Waals surface area contributed by atoms with Crippen LogP contribution in [0, 0.1) is 5.92 Å². The Kier molecular flexibility index (Phi) is 1.93. The van der Waals surface area contributed by atoms with E-state index in [0.29, 0.717) is 5.92 Å². The van der Waals surface area contributed by atoms with Crippen LogP contribution in [0.3, 0.4) is 0 Å². The van der Waals surface area contributed by atoms with Gasteiger partial charge in [0.2, 0.25) is 0 Å². The van der Waals surface area contributed by atoms with E-state index >= 15 is 0 Å². The fourth-order valence-electron chi connectivity index (χ4n) is 1.95. The predicted octanol–water partition coefficient (Wildman–Crippen LogP) is 1.86. The number of rotatable bonds is 1. The van der Waals surface area contributed by atoms with Crippen LogP contribution in [0.1, 0.15) is 31.0 Å². The topological polar surface area (TPSA) is 27.8 Å². The van der Waals surface area contributed by atoms with Gasteiger partial charge in [-0.15, -0.1) is 0 Å². The van der Waals surface area contributed by atoms with Crippen molar-refractivity contribution in [2.24, 2.45) is 5.92 Å². The molecular formula is C10H16N2. The molecule has 2 rings (SSSR count).